The lowest BCUT2D eigenvalue weighted by Crippen LogP contribution is -2.35. The van der Waals surface area contributed by atoms with E-state index in [1.165, 1.54) is 38.6 Å². The van der Waals surface area contributed by atoms with Crippen LogP contribution in [0.15, 0.2) is 0 Å². The number of hydrogen-bond donors (Lipinski definition) is 0. The molecule has 2 saturated heterocycles. The van der Waals surface area contributed by atoms with Crippen LogP contribution in [0.2, 0.25) is 0 Å². The Morgan fingerprint density at radius 2 is 2.23 bits per heavy atom. The summed E-state index contributed by atoms with van der Waals surface area (Å²) in [5.41, 5.74) is 0.759. The van der Waals surface area contributed by atoms with Gasteiger partial charge in [-0.05, 0) is 56.9 Å². The third-order valence-corrected chi connectivity index (χ3v) is 5.23. The van der Waals surface area contributed by atoms with Gasteiger partial charge < -0.3 is 0 Å². The first-order chi connectivity index (χ1) is 6.27. The minimum atomic E-state index is 0.759. The van der Waals surface area contributed by atoms with E-state index in [9.17, 15) is 0 Å². The summed E-state index contributed by atoms with van der Waals surface area (Å²) < 4.78 is 0. The van der Waals surface area contributed by atoms with Crippen LogP contribution in [0.3, 0.4) is 0 Å². The van der Waals surface area contributed by atoms with E-state index in [0.717, 1.165) is 23.4 Å². The van der Waals surface area contributed by atoms with Crippen molar-refractivity contribution in [1.82, 2.24) is 4.90 Å². The number of hydrogen-bond acceptors (Lipinski definition) is 1. The van der Waals surface area contributed by atoms with Gasteiger partial charge in [-0.25, -0.2) is 0 Å². The molecule has 0 bridgehead atoms. The molecule has 1 saturated carbocycles. The largest absolute Gasteiger partial charge is 0.297 e. The van der Waals surface area contributed by atoms with Crippen LogP contribution in [0.5, 0.6) is 0 Å². The lowest BCUT2D eigenvalue weighted by atomic mass is 9.79. The Morgan fingerprint density at radius 1 is 1.38 bits per heavy atom. The molecule has 0 amide bonds. The summed E-state index contributed by atoms with van der Waals surface area (Å²) in [5, 5.41) is 0. The van der Waals surface area contributed by atoms with E-state index in [1.54, 1.807) is 0 Å². The molecule has 0 aromatic heterocycles. The molecule has 13 heavy (non-hydrogen) atoms. The van der Waals surface area contributed by atoms with Crippen LogP contribution in [0.4, 0.5) is 0 Å². The van der Waals surface area contributed by atoms with Crippen molar-refractivity contribution in [3.05, 3.63) is 0 Å². The van der Waals surface area contributed by atoms with Gasteiger partial charge in [0, 0.05) is 12.1 Å². The second kappa shape index (κ2) is 2.50. The van der Waals surface area contributed by atoms with E-state index in [0.29, 0.717) is 0 Å². The lowest BCUT2D eigenvalue weighted by Gasteiger charge is -2.30. The Labute approximate surface area is 81.5 Å². The molecule has 3 aliphatic rings. The highest BCUT2D eigenvalue weighted by molar-refractivity contribution is 5.11. The van der Waals surface area contributed by atoms with Crippen molar-refractivity contribution in [3.63, 3.8) is 0 Å². The van der Waals surface area contributed by atoms with Crippen LogP contribution in [-0.4, -0.2) is 23.5 Å². The van der Waals surface area contributed by atoms with E-state index in [1.807, 2.05) is 0 Å². The number of rotatable bonds is 1. The van der Waals surface area contributed by atoms with E-state index in [4.69, 9.17) is 0 Å². The molecule has 4 atom stereocenters. The monoisotopic (exact) mass is 179 g/mol. The van der Waals surface area contributed by atoms with Crippen LogP contribution >= 0.6 is 0 Å². The zero-order valence-electron chi connectivity index (χ0n) is 8.92. The van der Waals surface area contributed by atoms with Crippen molar-refractivity contribution in [1.29, 1.82) is 0 Å². The molecule has 0 N–H and O–H groups in total. The summed E-state index contributed by atoms with van der Waals surface area (Å²) in [6.07, 6.45) is 7.47. The van der Waals surface area contributed by atoms with Crippen molar-refractivity contribution in [3.8, 4) is 0 Å². The molecule has 1 aliphatic carbocycles. The average Bonchev–Trinajstić information content (AvgIpc) is 2.71. The van der Waals surface area contributed by atoms with Crippen molar-refractivity contribution < 1.29 is 0 Å². The molecule has 2 heterocycles. The summed E-state index contributed by atoms with van der Waals surface area (Å²) in [5.74, 6) is 1.07. The predicted octanol–water partition coefficient (Wildman–Crippen LogP) is 2.66. The van der Waals surface area contributed by atoms with E-state index >= 15 is 0 Å². The van der Waals surface area contributed by atoms with Gasteiger partial charge in [-0.3, -0.25) is 4.90 Å². The maximum atomic E-state index is 2.82. The summed E-state index contributed by atoms with van der Waals surface area (Å²) in [6.45, 7) is 6.25. The quantitative estimate of drug-likeness (QED) is 0.598. The highest BCUT2D eigenvalue weighted by atomic mass is 15.3. The second-order valence-corrected chi connectivity index (χ2v) is 5.53. The molecule has 1 heteroatoms. The Morgan fingerprint density at radius 3 is 3.00 bits per heavy atom. The van der Waals surface area contributed by atoms with Crippen molar-refractivity contribution >= 4 is 0 Å². The molecule has 0 spiro atoms. The van der Waals surface area contributed by atoms with Gasteiger partial charge >= 0.3 is 0 Å². The van der Waals surface area contributed by atoms with Gasteiger partial charge in [0.2, 0.25) is 0 Å². The minimum Gasteiger partial charge on any atom is -0.297 e. The molecule has 2 aliphatic heterocycles. The fraction of sp³-hybridized carbons (Fsp3) is 1.00. The van der Waals surface area contributed by atoms with Gasteiger partial charge in [-0.2, -0.15) is 0 Å². The van der Waals surface area contributed by atoms with E-state index in [-0.39, 0.29) is 0 Å². The summed E-state index contributed by atoms with van der Waals surface area (Å²) >= 11 is 0. The second-order valence-electron chi connectivity index (χ2n) is 5.53. The zero-order valence-corrected chi connectivity index (χ0v) is 8.92. The summed E-state index contributed by atoms with van der Waals surface area (Å²) in [4.78, 5) is 2.82. The third kappa shape index (κ3) is 0.869. The highest BCUT2D eigenvalue weighted by Gasteiger charge is 2.58. The highest BCUT2D eigenvalue weighted by Crippen LogP contribution is 2.58. The lowest BCUT2D eigenvalue weighted by molar-refractivity contribution is 0.180. The Bertz CT molecular complexity index is 225. The SMILES string of the molecule is CC[C@]12CC[C@@H]3C[C@@H](C)N(CC1)[C@@H]32. The molecule has 0 unspecified atom stereocenters. The number of nitrogens with zero attached hydrogens (tertiary/aromatic N) is 1. The topological polar surface area (TPSA) is 3.24 Å². The van der Waals surface area contributed by atoms with Crippen molar-refractivity contribution in [2.75, 3.05) is 6.54 Å². The normalized spacial score (nSPS) is 54.5. The Kier molecular flexibility index (Phi) is 1.59. The van der Waals surface area contributed by atoms with Gasteiger partial charge in [0.1, 0.15) is 0 Å². The first kappa shape index (κ1) is 8.28. The van der Waals surface area contributed by atoms with Crippen LogP contribution in [0.1, 0.15) is 46.0 Å². The molecule has 74 valence electrons. The van der Waals surface area contributed by atoms with Gasteiger partial charge in [-0.1, -0.05) is 6.92 Å². The Balaban J connectivity index is 1.96. The van der Waals surface area contributed by atoms with Crippen LogP contribution in [0.25, 0.3) is 0 Å². The molecule has 3 fully saturated rings. The van der Waals surface area contributed by atoms with E-state index < -0.39 is 0 Å². The maximum Gasteiger partial charge on any atom is 0.0184 e. The van der Waals surface area contributed by atoms with Crippen molar-refractivity contribution in [2.45, 2.75) is 58.0 Å². The molecule has 0 radical (unpaired) electrons. The fourth-order valence-corrected chi connectivity index (χ4v) is 4.54. The molecular formula is C12H21N. The fourth-order valence-electron chi connectivity index (χ4n) is 4.54. The van der Waals surface area contributed by atoms with Crippen LogP contribution < -0.4 is 0 Å². The van der Waals surface area contributed by atoms with Gasteiger partial charge in [0.15, 0.2) is 0 Å². The zero-order chi connectivity index (χ0) is 9.05. The predicted molar refractivity (Wildman–Crippen MR) is 54.6 cm³/mol. The van der Waals surface area contributed by atoms with Crippen LogP contribution in [-0.2, 0) is 0 Å². The third-order valence-electron chi connectivity index (χ3n) is 5.23. The average molecular weight is 179 g/mol. The van der Waals surface area contributed by atoms with Crippen molar-refractivity contribution in [2.24, 2.45) is 11.3 Å². The standard InChI is InChI=1S/C12H21N/c1-3-12-5-4-10-8-9(2)13(7-6-12)11(10)12/h9-11H,3-8H2,1-2H3/t9-,10-,11+,12+/m1/s1. The van der Waals surface area contributed by atoms with E-state index in [2.05, 4.69) is 18.7 Å². The first-order valence-corrected chi connectivity index (χ1v) is 6.02. The molecule has 0 aromatic carbocycles. The van der Waals surface area contributed by atoms with Gasteiger partial charge in [0.05, 0.1) is 0 Å². The Hall–Kier alpha value is -0.0400. The minimum absolute atomic E-state index is 0.759. The van der Waals surface area contributed by atoms with Gasteiger partial charge in [-0.15, -0.1) is 0 Å². The first-order valence-electron chi connectivity index (χ1n) is 6.02. The molecule has 3 rings (SSSR count). The molecular weight excluding hydrogens is 158 g/mol. The molecule has 1 nitrogen and oxygen atoms in total. The maximum absolute atomic E-state index is 2.82. The summed E-state index contributed by atoms with van der Waals surface area (Å²) in [6, 6.07) is 1.89. The van der Waals surface area contributed by atoms with Crippen LogP contribution in [0, 0.1) is 11.3 Å². The molecule has 0 aromatic rings. The van der Waals surface area contributed by atoms with Gasteiger partial charge in [0.25, 0.3) is 0 Å². The smallest absolute Gasteiger partial charge is 0.0184 e. The summed E-state index contributed by atoms with van der Waals surface area (Å²) in [7, 11) is 0.